The SMILES string of the molecule is CC[C@H](C)C([C@@H](CC(=O)N1C[C@H](OC)C[C@H]1[C@H](OC)[C@@H](C)C(=O)NCC(=O)C1=CC=C(OC)CC1F)OC)N(C)C(=O)[C@@H](NC(=O)[C@@H](NC)C(C)C)C(C)C. The molecule has 0 bridgehead atoms. The number of halogens is 1. The normalized spacial score (nSPS) is 22.5. The van der Waals surface area contributed by atoms with E-state index < -0.39 is 66.7 Å². The molecule has 1 heterocycles. The molecule has 1 saturated heterocycles. The molecule has 14 nitrogen and oxygen atoms in total. The molecule has 0 aromatic carbocycles. The number of likely N-dealkylation sites (N-methyl/N-ethyl adjacent to an activating group) is 2. The number of nitrogens with one attached hydrogen (secondary N) is 3. The van der Waals surface area contributed by atoms with Crippen molar-refractivity contribution in [2.24, 2.45) is 23.7 Å². The highest BCUT2D eigenvalue weighted by Gasteiger charge is 2.45. The van der Waals surface area contributed by atoms with E-state index in [1.54, 1.807) is 37.9 Å². The van der Waals surface area contributed by atoms with Gasteiger partial charge in [-0.2, -0.15) is 0 Å². The van der Waals surface area contributed by atoms with E-state index in [0.717, 1.165) is 0 Å². The minimum Gasteiger partial charge on any atom is -0.501 e. The first kappa shape index (κ1) is 47.8. The predicted molar refractivity (Wildman–Crippen MR) is 207 cm³/mol. The first-order valence-corrected chi connectivity index (χ1v) is 19.4. The second-order valence-corrected chi connectivity index (χ2v) is 15.5. The van der Waals surface area contributed by atoms with Gasteiger partial charge >= 0.3 is 0 Å². The number of alkyl halides is 1. The van der Waals surface area contributed by atoms with Crippen LogP contribution in [0.25, 0.3) is 0 Å². The molecule has 0 radical (unpaired) electrons. The Labute approximate surface area is 327 Å². The van der Waals surface area contributed by atoms with Gasteiger partial charge in [-0.1, -0.05) is 54.9 Å². The van der Waals surface area contributed by atoms with E-state index in [0.29, 0.717) is 18.6 Å². The van der Waals surface area contributed by atoms with E-state index in [1.165, 1.54) is 33.5 Å². The maximum absolute atomic E-state index is 14.6. The fourth-order valence-electron chi connectivity index (χ4n) is 7.69. The van der Waals surface area contributed by atoms with Crippen molar-refractivity contribution < 1.29 is 47.3 Å². The zero-order valence-corrected chi connectivity index (χ0v) is 35.3. The molecule has 4 amide bonds. The zero-order chi connectivity index (χ0) is 41.7. The Morgan fingerprint density at radius 3 is 2.07 bits per heavy atom. The van der Waals surface area contributed by atoms with E-state index in [1.807, 2.05) is 41.5 Å². The van der Waals surface area contributed by atoms with E-state index in [4.69, 9.17) is 18.9 Å². The van der Waals surface area contributed by atoms with Gasteiger partial charge in [0, 0.05) is 46.9 Å². The molecule has 314 valence electrons. The zero-order valence-electron chi connectivity index (χ0n) is 35.3. The van der Waals surface area contributed by atoms with Gasteiger partial charge in [-0.3, -0.25) is 24.0 Å². The maximum Gasteiger partial charge on any atom is 0.245 e. The number of ether oxygens (including phenoxy) is 4. The molecule has 0 aromatic rings. The highest BCUT2D eigenvalue weighted by molar-refractivity contribution is 6.00. The van der Waals surface area contributed by atoms with Crippen molar-refractivity contribution in [1.82, 2.24) is 25.8 Å². The number of rotatable bonds is 22. The summed E-state index contributed by atoms with van der Waals surface area (Å²) in [6.45, 7) is 13.1. The van der Waals surface area contributed by atoms with Gasteiger partial charge < -0.3 is 44.7 Å². The van der Waals surface area contributed by atoms with Crippen LogP contribution in [0.1, 0.15) is 74.1 Å². The third-order valence-electron chi connectivity index (χ3n) is 11.3. The topological polar surface area (TPSA) is 165 Å². The number of carbonyl (C=O) groups excluding carboxylic acids is 5. The minimum atomic E-state index is -1.54. The van der Waals surface area contributed by atoms with Gasteiger partial charge in [-0.25, -0.2) is 4.39 Å². The van der Waals surface area contributed by atoms with Crippen LogP contribution in [0.2, 0.25) is 0 Å². The molecule has 2 aliphatic rings. The summed E-state index contributed by atoms with van der Waals surface area (Å²) in [5.41, 5.74) is -0.0404. The Balaban J connectivity index is 2.29. The van der Waals surface area contributed by atoms with E-state index in [-0.39, 0.29) is 66.5 Å². The summed E-state index contributed by atoms with van der Waals surface area (Å²) in [5, 5.41) is 8.62. The number of methoxy groups -OCH3 is 4. The van der Waals surface area contributed by atoms with Gasteiger partial charge in [0.2, 0.25) is 23.6 Å². The summed E-state index contributed by atoms with van der Waals surface area (Å²) in [6.07, 6.45) is 0.520. The van der Waals surface area contributed by atoms with Gasteiger partial charge in [0.1, 0.15) is 12.2 Å². The molecule has 1 fully saturated rings. The van der Waals surface area contributed by atoms with Crippen LogP contribution in [0, 0.1) is 23.7 Å². The number of allylic oxidation sites excluding steroid dienone is 3. The minimum absolute atomic E-state index is 0.00626. The Morgan fingerprint density at radius 2 is 1.58 bits per heavy atom. The lowest BCUT2D eigenvalue weighted by Crippen LogP contribution is -2.59. The molecule has 2 unspecified atom stereocenters. The molecular formula is C40H68FN5O9. The lowest BCUT2D eigenvalue weighted by molar-refractivity contribution is -0.148. The summed E-state index contributed by atoms with van der Waals surface area (Å²) in [5.74, 6) is -2.50. The number of carbonyl (C=O) groups is 5. The Morgan fingerprint density at radius 1 is 0.945 bits per heavy atom. The van der Waals surface area contributed by atoms with Crippen molar-refractivity contribution in [3.05, 3.63) is 23.5 Å². The van der Waals surface area contributed by atoms with Crippen LogP contribution < -0.4 is 16.0 Å². The van der Waals surface area contributed by atoms with Crippen molar-refractivity contribution >= 4 is 29.4 Å². The van der Waals surface area contributed by atoms with Crippen molar-refractivity contribution in [2.75, 3.05) is 55.6 Å². The Bertz CT molecular complexity index is 1370. The van der Waals surface area contributed by atoms with Crippen molar-refractivity contribution in [2.45, 2.75) is 123 Å². The molecule has 10 atom stereocenters. The number of ketones is 1. The standard InChI is InChI=1S/C40H68FN5O9/c1-14-24(6)36(45(9)40(51)35(23(4)5)44-39(50)34(42-8)22(2)3)32(54-12)19-33(48)46-21-27(53-11)18-30(46)37(55-13)25(7)38(49)43-20-31(47)28-16-15-26(52-10)17-29(28)41/h15-16,22-25,27,29-30,32,34-37,42H,14,17-21H2,1-13H3,(H,43,49)(H,44,50)/t24-,25+,27+,29?,30-,32+,34-,35-,36?,37+/m0/s1. The summed E-state index contributed by atoms with van der Waals surface area (Å²) < 4.78 is 37.3. The second-order valence-electron chi connectivity index (χ2n) is 15.5. The van der Waals surface area contributed by atoms with Gasteiger partial charge in [0.25, 0.3) is 0 Å². The third kappa shape index (κ3) is 12.3. The van der Waals surface area contributed by atoms with Crippen LogP contribution in [0.5, 0.6) is 0 Å². The fraction of sp³-hybridized carbons (Fsp3) is 0.775. The molecule has 1 aliphatic heterocycles. The number of hydrogen-bond acceptors (Lipinski definition) is 10. The molecule has 3 N–H and O–H groups in total. The molecular weight excluding hydrogens is 713 g/mol. The van der Waals surface area contributed by atoms with Crippen molar-refractivity contribution in [3.8, 4) is 0 Å². The van der Waals surface area contributed by atoms with E-state index >= 15 is 0 Å². The molecule has 55 heavy (non-hydrogen) atoms. The van der Waals surface area contributed by atoms with Crippen LogP contribution in [-0.4, -0.2) is 143 Å². The summed E-state index contributed by atoms with van der Waals surface area (Å²) >= 11 is 0. The third-order valence-corrected chi connectivity index (χ3v) is 11.3. The van der Waals surface area contributed by atoms with Gasteiger partial charge in [-0.05, 0) is 43.4 Å². The average Bonchev–Trinajstić information content (AvgIpc) is 3.59. The average molecular weight is 782 g/mol. The van der Waals surface area contributed by atoms with Gasteiger partial charge in [-0.15, -0.1) is 0 Å². The first-order chi connectivity index (χ1) is 25.9. The quantitative estimate of drug-likeness (QED) is 0.149. The molecule has 1 aliphatic carbocycles. The highest BCUT2D eigenvalue weighted by atomic mass is 19.1. The largest absolute Gasteiger partial charge is 0.501 e. The number of amides is 4. The number of Topliss-reactive ketones (excluding diaryl/α,β-unsaturated/α-hetero) is 1. The molecule has 0 spiro atoms. The number of nitrogens with zero attached hydrogens (tertiary/aromatic N) is 2. The highest BCUT2D eigenvalue weighted by Crippen LogP contribution is 2.31. The van der Waals surface area contributed by atoms with Gasteiger partial charge in [0.05, 0.1) is 68.2 Å². The van der Waals surface area contributed by atoms with Gasteiger partial charge in [0.15, 0.2) is 5.78 Å². The van der Waals surface area contributed by atoms with E-state index in [2.05, 4.69) is 16.0 Å². The lowest BCUT2D eigenvalue weighted by atomic mass is 9.89. The Hall–Kier alpha value is -3.40. The first-order valence-electron chi connectivity index (χ1n) is 19.4. The van der Waals surface area contributed by atoms with Crippen LogP contribution in [0.15, 0.2) is 23.5 Å². The van der Waals surface area contributed by atoms with Crippen LogP contribution in [0.3, 0.4) is 0 Å². The van der Waals surface area contributed by atoms with Crippen molar-refractivity contribution in [3.63, 3.8) is 0 Å². The fourth-order valence-corrected chi connectivity index (χ4v) is 7.69. The summed E-state index contributed by atoms with van der Waals surface area (Å²) in [4.78, 5) is 71.2. The lowest BCUT2D eigenvalue weighted by Gasteiger charge is -2.41. The number of likely N-dealkylation sites (tertiary alicyclic amines) is 1. The predicted octanol–water partition coefficient (Wildman–Crippen LogP) is 2.80. The summed E-state index contributed by atoms with van der Waals surface area (Å²) in [7, 11) is 9.37. The Kier molecular flexibility index (Phi) is 19.4. The van der Waals surface area contributed by atoms with Crippen molar-refractivity contribution in [1.29, 1.82) is 0 Å². The smallest absolute Gasteiger partial charge is 0.245 e. The summed E-state index contributed by atoms with van der Waals surface area (Å²) in [6, 6.07) is -2.36. The molecule has 15 heteroatoms. The van der Waals surface area contributed by atoms with Crippen LogP contribution in [-0.2, 0) is 42.9 Å². The molecule has 2 rings (SSSR count). The maximum atomic E-state index is 14.6. The number of hydrogen-bond donors (Lipinski definition) is 3. The molecule has 0 aromatic heterocycles. The van der Waals surface area contributed by atoms with E-state index in [9.17, 15) is 28.4 Å². The molecule has 0 saturated carbocycles. The monoisotopic (exact) mass is 782 g/mol. The van der Waals surface area contributed by atoms with Crippen LogP contribution >= 0.6 is 0 Å². The van der Waals surface area contributed by atoms with Crippen LogP contribution in [0.4, 0.5) is 4.39 Å². The second kappa shape index (κ2) is 22.4.